The van der Waals surface area contributed by atoms with E-state index in [2.05, 4.69) is 20.6 Å². The first kappa shape index (κ1) is 21.2. The molecule has 1 amide bonds. The van der Waals surface area contributed by atoms with Gasteiger partial charge in [0, 0.05) is 12.7 Å². The summed E-state index contributed by atoms with van der Waals surface area (Å²) in [5.41, 5.74) is 3.61. The lowest BCUT2D eigenvalue weighted by molar-refractivity contribution is 0.100. The Morgan fingerprint density at radius 1 is 1.16 bits per heavy atom. The minimum Gasteiger partial charge on any atom is -0.505 e. The molecule has 32 heavy (non-hydrogen) atoms. The maximum Gasteiger partial charge on any atom is 0.279 e. The van der Waals surface area contributed by atoms with Gasteiger partial charge in [-0.1, -0.05) is 26.0 Å². The number of benzene rings is 1. The molecule has 0 bridgehead atoms. The van der Waals surface area contributed by atoms with Crippen LogP contribution in [0.4, 0.5) is 4.39 Å². The van der Waals surface area contributed by atoms with E-state index in [1.54, 1.807) is 24.4 Å². The Morgan fingerprint density at radius 3 is 2.50 bits per heavy atom. The number of aromatic hydroxyl groups is 1. The summed E-state index contributed by atoms with van der Waals surface area (Å²) in [6.07, 6.45) is 4.54. The fourth-order valence-electron chi connectivity index (χ4n) is 3.46. The molecule has 3 aromatic heterocycles. The normalized spacial score (nSPS) is 11.2. The van der Waals surface area contributed by atoms with E-state index in [4.69, 9.17) is 0 Å². The Kier molecular flexibility index (Phi) is 5.67. The van der Waals surface area contributed by atoms with Crippen LogP contribution in [0.3, 0.4) is 0 Å². The fourth-order valence-corrected chi connectivity index (χ4v) is 3.46. The Balaban J connectivity index is 1.82. The van der Waals surface area contributed by atoms with E-state index in [1.807, 2.05) is 13.8 Å². The van der Waals surface area contributed by atoms with Gasteiger partial charge in [-0.2, -0.15) is 0 Å². The maximum absolute atomic E-state index is 13.2. The fraction of sp³-hybridized carbons (Fsp3) is 0.227. The summed E-state index contributed by atoms with van der Waals surface area (Å²) in [5.74, 6) is -1.53. The second-order valence-corrected chi connectivity index (χ2v) is 7.86. The van der Waals surface area contributed by atoms with Crippen LogP contribution in [0.1, 0.15) is 35.3 Å². The van der Waals surface area contributed by atoms with Crippen LogP contribution < -0.4 is 11.0 Å². The van der Waals surface area contributed by atoms with Crippen molar-refractivity contribution in [2.75, 3.05) is 5.43 Å². The lowest BCUT2D eigenvalue weighted by Crippen LogP contribution is -2.33. The molecule has 0 spiro atoms. The lowest BCUT2D eigenvalue weighted by Gasteiger charge is -2.17. The molecule has 1 aromatic carbocycles. The van der Waals surface area contributed by atoms with Crippen LogP contribution in [0, 0.1) is 11.7 Å². The van der Waals surface area contributed by atoms with Gasteiger partial charge in [0.2, 0.25) is 0 Å². The molecule has 0 unspecified atom stereocenters. The quantitative estimate of drug-likeness (QED) is 0.480. The molecular weight excluding hydrogens is 415 g/mol. The Hall–Kier alpha value is -4.08. The average molecular weight is 436 g/mol. The standard InChI is InChI=1S/C22H21FN6O3/c1-13(2)10-29-17-8-15(7-14-3-5-16(23)6-4-14)9-24-19(17)20(30)18(22(29)32)21(31)27-28-11-25-26-12-28/h3-6,8-9,11-13,30H,7,10H2,1-2H3,(H,27,31). The molecule has 10 heteroatoms. The van der Waals surface area contributed by atoms with Crippen LogP contribution in [0.5, 0.6) is 5.75 Å². The zero-order chi connectivity index (χ0) is 22.8. The Morgan fingerprint density at radius 2 is 1.84 bits per heavy atom. The largest absolute Gasteiger partial charge is 0.505 e. The highest BCUT2D eigenvalue weighted by molar-refractivity contribution is 6.05. The van der Waals surface area contributed by atoms with Crippen LogP contribution in [-0.2, 0) is 13.0 Å². The number of nitrogens with one attached hydrogen (secondary N) is 1. The predicted octanol–water partition coefficient (Wildman–Crippen LogP) is 2.46. The van der Waals surface area contributed by atoms with E-state index < -0.39 is 22.8 Å². The van der Waals surface area contributed by atoms with Gasteiger partial charge in [-0.3, -0.25) is 20.0 Å². The summed E-state index contributed by atoms with van der Waals surface area (Å²) in [5, 5.41) is 18.0. The third-order valence-electron chi connectivity index (χ3n) is 4.88. The van der Waals surface area contributed by atoms with Crippen LogP contribution >= 0.6 is 0 Å². The lowest BCUT2D eigenvalue weighted by atomic mass is 10.0. The summed E-state index contributed by atoms with van der Waals surface area (Å²) in [4.78, 5) is 30.3. The molecule has 9 nitrogen and oxygen atoms in total. The third kappa shape index (κ3) is 4.20. The molecule has 0 saturated heterocycles. The summed E-state index contributed by atoms with van der Waals surface area (Å²) in [6, 6.07) is 7.87. The predicted molar refractivity (Wildman–Crippen MR) is 115 cm³/mol. The van der Waals surface area contributed by atoms with Crippen molar-refractivity contribution in [1.29, 1.82) is 0 Å². The summed E-state index contributed by atoms with van der Waals surface area (Å²) in [6.45, 7) is 4.21. The van der Waals surface area contributed by atoms with E-state index in [1.165, 1.54) is 34.0 Å². The van der Waals surface area contributed by atoms with Crippen molar-refractivity contribution in [1.82, 2.24) is 24.4 Å². The van der Waals surface area contributed by atoms with Crippen molar-refractivity contribution >= 4 is 16.9 Å². The summed E-state index contributed by atoms with van der Waals surface area (Å²) in [7, 11) is 0. The highest BCUT2D eigenvalue weighted by Gasteiger charge is 2.24. The average Bonchev–Trinajstić information content (AvgIpc) is 3.25. The molecule has 0 saturated carbocycles. The van der Waals surface area contributed by atoms with Crippen molar-refractivity contribution in [3.63, 3.8) is 0 Å². The van der Waals surface area contributed by atoms with Gasteiger partial charge < -0.3 is 9.67 Å². The van der Waals surface area contributed by atoms with Crippen LogP contribution in [0.25, 0.3) is 11.0 Å². The molecule has 0 aliphatic rings. The molecule has 4 aromatic rings. The van der Waals surface area contributed by atoms with Crippen LogP contribution in [0.15, 0.2) is 54.0 Å². The van der Waals surface area contributed by atoms with Gasteiger partial charge in [0.05, 0.1) is 5.52 Å². The van der Waals surface area contributed by atoms with E-state index in [0.717, 1.165) is 11.1 Å². The second-order valence-electron chi connectivity index (χ2n) is 7.86. The van der Waals surface area contributed by atoms with Crippen LogP contribution in [-0.4, -0.2) is 35.4 Å². The van der Waals surface area contributed by atoms with E-state index in [0.29, 0.717) is 18.5 Å². The highest BCUT2D eigenvalue weighted by atomic mass is 19.1. The monoisotopic (exact) mass is 436 g/mol. The van der Waals surface area contributed by atoms with Crippen molar-refractivity contribution in [3.8, 4) is 5.75 Å². The molecule has 4 rings (SSSR count). The van der Waals surface area contributed by atoms with E-state index in [9.17, 15) is 19.1 Å². The number of rotatable bonds is 6. The second kappa shape index (κ2) is 8.58. The molecule has 0 fully saturated rings. The summed E-state index contributed by atoms with van der Waals surface area (Å²) >= 11 is 0. The van der Waals surface area contributed by atoms with Crippen molar-refractivity contribution in [2.24, 2.45) is 5.92 Å². The number of halogens is 1. The number of fused-ring (bicyclic) bond motifs is 1. The van der Waals surface area contributed by atoms with Crippen molar-refractivity contribution in [3.05, 3.63) is 82.0 Å². The number of nitrogens with zero attached hydrogens (tertiary/aromatic N) is 5. The SMILES string of the molecule is CC(C)Cn1c(=O)c(C(=O)Nn2cnnc2)c(O)c2ncc(Cc3ccc(F)cc3)cc21. The highest BCUT2D eigenvalue weighted by Crippen LogP contribution is 2.26. The van der Waals surface area contributed by atoms with E-state index in [-0.39, 0.29) is 17.3 Å². The van der Waals surface area contributed by atoms with Gasteiger partial charge in [-0.25, -0.2) is 9.07 Å². The number of carbonyl (C=O) groups excluding carboxylic acids is 1. The number of amides is 1. The first-order valence-electron chi connectivity index (χ1n) is 9.98. The molecule has 2 N–H and O–H groups in total. The molecule has 0 aliphatic heterocycles. The molecular formula is C22H21FN6O3. The van der Waals surface area contributed by atoms with Gasteiger partial charge in [0.25, 0.3) is 11.5 Å². The first-order chi connectivity index (χ1) is 15.3. The van der Waals surface area contributed by atoms with E-state index >= 15 is 0 Å². The molecule has 0 atom stereocenters. The number of aromatic nitrogens is 5. The number of carbonyl (C=O) groups is 1. The summed E-state index contributed by atoms with van der Waals surface area (Å²) < 4.78 is 15.8. The number of hydrogen-bond donors (Lipinski definition) is 2. The Labute approximate surface area is 182 Å². The third-order valence-corrected chi connectivity index (χ3v) is 4.88. The van der Waals surface area contributed by atoms with Gasteiger partial charge in [-0.15, -0.1) is 10.2 Å². The van der Waals surface area contributed by atoms with Crippen molar-refractivity contribution < 1.29 is 14.3 Å². The molecule has 3 heterocycles. The number of hydrogen-bond acceptors (Lipinski definition) is 6. The Bertz CT molecular complexity index is 1330. The van der Waals surface area contributed by atoms with Gasteiger partial charge in [-0.05, 0) is 41.7 Å². The zero-order valence-corrected chi connectivity index (χ0v) is 17.5. The van der Waals surface area contributed by atoms with Crippen molar-refractivity contribution in [2.45, 2.75) is 26.8 Å². The van der Waals surface area contributed by atoms with Gasteiger partial charge in [0.15, 0.2) is 11.3 Å². The minimum absolute atomic E-state index is 0.0926. The molecule has 0 aliphatic carbocycles. The maximum atomic E-state index is 13.2. The topological polar surface area (TPSA) is 115 Å². The van der Waals surface area contributed by atoms with Gasteiger partial charge >= 0.3 is 0 Å². The smallest absolute Gasteiger partial charge is 0.279 e. The first-order valence-corrected chi connectivity index (χ1v) is 9.98. The zero-order valence-electron chi connectivity index (χ0n) is 17.5. The van der Waals surface area contributed by atoms with Crippen LogP contribution in [0.2, 0.25) is 0 Å². The van der Waals surface area contributed by atoms with Gasteiger partial charge in [0.1, 0.15) is 24.0 Å². The molecule has 164 valence electrons. The minimum atomic E-state index is -0.802. The number of pyridine rings is 2. The molecule has 0 radical (unpaired) electrons.